The third-order valence-corrected chi connectivity index (χ3v) is 4.17. The van der Waals surface area contributed by atoms with E-state index in [4.69, 9.17) is 0 Å². The summed E-state index contributed by atoms with van der Waals surface area (Å²) in [4.78, 5) is 27.1. The van der Waals surface area contributed by atoms with Crippen LogP contribution in [0.2, 0.25) is 0 Å². The molecule has 1 aliphatic rings. The van der Waals surface area contributed by atoms with Crippen LogP contribution in [0, 0.1) is 5.92 Å². The van der Waals surface area contributed by atoms with Crippen LogP contribution >= 0.6 is 0 Å². The molecule has 1 unspecified atom stereocenters. The Bertz CT molecular complexity index is 405. The molecule has 1 heterocycles. The lowest BCUT2D eigenvalue weighted by Crippen LogP contribution is -2.71. The molecular formula is C16H28N2O2. The van der Waals surface area contributed by atoms with Gasteiger partial charge in [0.2, 0.25) is 11.8 Å². The summed E-state index contributed by atoms with van der Waals surface area (Å²) in [7, 11) is 0. The fourth-order valence-corrected chi connectivity index (χ4v) is 2.78. The van der Waals surface area contributed by atoms with Gasteiger partial charge in [0, 0.05) is 6.54 Å². The maximum atomic E-state index is 12.9. The molecule has 0 saturated carbocycles. The van der Waals surface area contributed by atoms with E-state index in [1.165, 1.54) is 0 Å². The lowest BCUT2D eigenvalue weighted by atomic mass is 9.85. The van der Waals surface area contributed by atoms with E-state index in [1.54, 1.807) is 4.90 Å². The number of hydrogen-bond donors (Lipinski definition) is 1. The van der Waals surface area contributed by atoms with Crippen LogP contribution in [-0.4, -0.2) is 34.8 Å². The number of allylic oxidation sites excluding steroid dienone is 1. The predicted octanol–water partition coefficient (Wildman–Crippen LogP) is 2.49. The van der Waals surface area contributed by atoms with Crippen LogP contribution in [0.3, 0.4) is 0 Å². The third-order valence-electron chi connectivity index (χ3n) is 4.17. The number of rotatable bonds is 5. The second kappa shape index (κ2) is 6.42. The number of nitrogens with zero attached hydrogens (tertiary/aromatic N) is 1. The average Bonchev–Trinajstić information content (AvgIpc) is 2.38. The molecule has 0 aromatic rings. The number of piperazine rings is 1. The van der Waals surface area contributed by atoms with Crippen molar-refractivity contribution >= 4 is 11.8 Å². The van der Waals surface area contributed by atoms with Gasteiger partial charge in [-0.15, -0.1) is 0 Å². The Balaban J connectivity index is 3.17. The summed E-state index contributed by atoms with van der Waals surface area (Å²) < 4.78 is 0. The molecule has 0 aromatic carbocycles. The molecule has 4 heteroatoms. The fraction of sp³-hybridized carbons (Fsp3) is 0.750. The van der Waals surface area contributed by atoms with Crippen molar-refractivity contribution in [2.75, 3.05) is 6.54 Å². The van der Waals surface area contributed by atoms with Gasteiger partial charge < -0.3 is 10.2 Å². The van der Waals surface area contributed by atoms with Crippen LogP contribution in [-0.2, 0) is 9.59 Å². The second-order valence-electron chi connectivity index (χ2n) is 6.21. The number of carbonyl (C=O) groups excluding carboxylic acids is 2. The highest BCUT2D eigenvalue weighted by Crippen LogP contribution is 2.27. The Morgan fingerprint density at radius 2 is 1.85 bits per heavy atom. The molecule has 1 aliphatic heterocycles. The highest BCUT2D eigenvalue weighted by atomic mass is 16.2. The topological polar surface area (TPSA) is 49.4 Å². The Kier molecular flexibility index (Phi) is 5.37. The summed E-state index contributed by atoms with van der Waals surface area (Å²) in [6, 6.07) is -0.371. The van der Waals surface area contributed by atoms with Gasteiger partial charge in [-0.05, 0) is 32.6 Å². The standard InChI is InChI=1S/C16H28N2O2/c1-7-16(8-2)15(20)18(10-9-11(3)4)13(12(5)6)14(19)17-16/h9,12-13H,7-8,10H2,1-6H3,(H,17,19). The molecule has 0 aromatic heterocycles. The van der Waals surface area contributed by atoms with E-state index >= 15 is 0 Å². The van der Waals surface area contributed by atoms with E-state index in [-0.39, 0.29) is 23.8 Å². The van der Waals surface area contributed by atoms with Gasteiger partial charge in [0.25, 0.3) is 0 Å². The molecule has 114 valence electrons. The minimum Gasteiger partial charge on any atom is -0.340 e. The van der Waals surface area contributed by atoms with Gasteiger partial charge in [-0.1, -0.05) is 39.3 Å². The first-order valence-corrected chi connectivity index (χ1v) is 7.55. The predicted molar refractivity (Wildman–Crippen MR) is 81.2 cm³/mol. The quantitative estimate of drug-likeness (QED) is 0.787. The third kappa shape index (κ3) is 3.05. The molecule has 1 saturated heterocycles. The van der Waals surface area contributed by atoms with Crippen molar-refractivity contribution in [2.45, 2.75) is 66.0 Å². The summed E-state index contributed by atoms with van der Waals surface area (Å²) in [5.74, 6) is 0.139. The number of hydrogen-bond acceptors (Lipinski definition) is 2. The molecule has 0 aliphatic carbocycles. The molecule has 20 heavy (non-hydrogen) atoms. The van der Waals surface area contributed by atoms with Crippen LogP contribution in [0.1, 0.15) is 54.4 Å². The van der Waals surface area contributed by atoms with Crippen molar-refractivity contribution in [1.82, 2.24) is 10.2 Å². The summed E-state index contributed by atoms with van der Waals surface area (Å²) in [6.07, 6.45) is 3.27. The zero-order valence-corrected chi connectivity index (χ0v) is 13.6. The van der Waals surface area contributed by atoms with E-state index in [0.717, 1.165) is 5.57 Å². The van der Waals surface area contributed by atoms with E-state index in [0.29, 0.717) is 19.4 Å². The number of amides is 2. The average molecular weight is 280 g/mol. The van der Waals surface area contributed by atoms with Crippen molar-refractivity contribution in [2.24, 2.45) is 5.92 Å². The molecule has 4 nitrogen and oxygen atoms in total. The second-order valence-corrected chi connectivity index (χ2v) is 6.21. The van der Waals surface area contributed by atoms with E-state index in [2.05, 4.69) is 5.32 Å². The molecule has 2 amide bonds. The van der Waals surface area contributed by atoms with Crippen molar-refractivity contribution in [3.05, 3.63) is 11.6 Å². The summed E-state index contributed by atoms with van der Waals surface area (Å²) in [5.41, 5.74) is 0.433. The Hall–Kier alpha value is -1.32. The minimum absolute atomic E-state index is 0.0227. The highest BCUT2D eigenvalue weighted by molar-refractivity contribution is 6.00. The molecular weight excluding hydrogens is 252 g/mol. The van der Waals surface area contributed by atoms with E-state index < -0.39 is 5.54 Å². The van der Waals surface area contributed by atoms with Gasteiger partial charge in [-0.2, -0.15) is 0 Å². The zero-order chi connectivity index (χ0) is 15.5. The normalized spacial score (nSPS) is 21.9. The van der Waals surface area contributed by atoms with Crippen molar-refractivity contribution in [3.63, 3.8) is 0 Å². The number of carbonyl (C=O) groups is 2. The maximum Gasteiger partial charge on any atom is 0.249 e. The van der Waals surface area contributed by atoms with Gasteiger partial charge in [0.15, 0.2) is 0 Å². The lowest BCUT2D eigenvalue weighted by Gasteiger charge is -2.46. The highest BCUT2D eigenvalue weighted by Gasteiger charge is 2.49. The largest absolute Gasteiger partial charge is 0.340 e. The summed E-state index contributed by atoms with van der Waals surface area (Å²) in [5, 5.41) is 2.98. The summed E-state index contributed by atoms with van der Waals surface area (Å²) in [6.45, 7) is 12.4. The Morgan fingerprint density at radius 1 is 1.30 bits per heavy atom. The SMILES string of the molecule is CCC1(CC)NC(=O)C(C(C)C)N(CC=C(C)C)C1=O. The molecule has 1 atom stereocenters. The van der Waals surface area contributed by atoms with E-state index in [9.17, 15) is 9.59 Å². The zero-order valence-electron chi connectivity index (χ0n) is 13.6. The number of nitrogens with one attached hydrogen (secondary N) is 1. The first-order chi connectivity index (χ1) is 9.29. The first kappa shape index (κ1) is 16.7. The van der Waals surface area contributed by atoms with Crippen LogP contribution in [0.15, 0.2) is 11.6 Å². The van der Waals surface area contributed by atoms with Crippen LogP contribution in [0.25, 0.3) is 0 Å². The van der Waals surface area contributed by atoms with E-state index in [1.807, 2.05) is 47.6 Å². The molecule has 0 spiro atoms. The Labute approximate surface area is 122 Å². The van der Waals surface area contributed by atoms with Crippen LogP contribution in [0.4, 0.5) is 0 Å². The van der Waals surface area contributed by atoms with Crippen molar-refractivity contribution in [3.8, 4) is 0 Å². The van der Waals surface area contributed by atoms with Crippen molar-refractivity contribution in [1.29, 1.82) is 0 Å². The first-order valence-electron chi connectivity index (χ1n) is 7.55. The van der Waals surface area contributed by atoms with Gasteiger partial charge in [-0.3, -0.25) is 9.59 Å². The molecule has 1 rings (SSSR count). The van der Waals surface area contributed by atoms with Crippen LogP contribution < -0.4 is 5.32 Å². The fourth-order valence-electron chi connectivity index (χ4n) is 2.78. The van der Waals surface area contributed by atoms with Crippen LogP contribution in [0.5, 0.6) is 0 Å². The summed E-state index contributed by atoms with van der Waals surface area (Å²) >= 11 is 0. The van der Waals surface area contributed by atoms with Gasteiger partial charge in [0.1, 0.15) is 11.6 Å². The maximum absolute atomic E-state index is 12.9. The molecule has 0 radical (unpaired) electrons. The molecule has 1 fully saturated rings. The molecule has 0 bridgehead atoms. The monoisotopic (exact) mass is 280 g/mol. The van der Waals surface area contributed by atoms with Gasteiger partial charge in [0.05, 0.1) is 0 Å². The molecule has 1 N–H and O–H groups in total. The van der Waals surface area contributed by atoms with Gasteiger partial charge in [-0.25, -0.2) is 0 Å². The lowest BCUT2D eigenvalue weighted by molar-refractivity contribution is -0.156. The van der Waals surface area contributed by atoms with Crippen molar-refractivity contribution < 1.29 is 9.59 Å². The Morgan fingerprint density at radius 3 is 2.25 bits per heavy atom. The minimum atomic E-state index is -0.724. The smallest absolute Gasteiger partial charge is 0.249 e. The van der Waals surface area contributed by atoms with Gasteiger partial charge >= 0.3 is 0 Å².